The molecule has 98 valence electrons. The Morgan fingerprint density at radius 3 is 2.76 bits per heavy atom. The van der Waals surface area contributed by atoms with Gasteiger partial charge in [-0.25, -0.2) is 0 Å². The molecule has 1 fully saturated rings. The molecule has 3 N–H and O–H groups in total. The van der Waals surface area contributed by atoms with Crippen LogP contribution in [0, 0.1) is 5.92 Å². The zero-order valence-electron chi connectivity index (χ0n) is 10.6. The van der Waals surface area contributed by atoms with Crippen molar-refractivity contribution < 1.29 is 14.7 Å². The molecular formula is C11H21N3O3. The summed E-state index contributed by atoms with van der Waals surface area (Å²) < 4.78 is 0. The second-order valence-electron chi connectivity index (χ2n) is 5.16. The Labute approximate surface area is 101 Å². The summed E-state index contributed by atoms with van der Waals surface area (Å²) in [6.07, 6.45) is 0.238. The van der Waals surface area contributed by atoms with Crippen LogP contribution < -0.4 is 10.6 Å². The molecule has 1 saturated heterocycles. The van der Waals surface area contributed by atoms with E-state index in [0.717, 1.165) is 0 Å². The summed E-state index contributed by atoms with van der Waals surface area (Å²) in [5, 5.41) is 15.3. The number of aliphatic hydroxyl groups is 1. The van der Waals surface area contributed by atoms with E-state index >= 15 is 0 Å². The highest BCUT2D eigenvalue weighted by Gasteiger charge is 2.29. The van der Waals surface area contributed by atoms with Crippen LogP contribution in [0.3, 0.4) is 0 Å². The lowest BCUT2D eigenvalue weighted by Gasteiger charge is -2.27. The topological polar surface area (TPSA) is 81.7 Å². The summed E-state index contributed by atoms with van der Waals surface area (Å²) in [7, 11) is 3.71. The van der Waals surface area contributed by atoms with Gasteiger partial charge >= 0.3 is 0 Å². The van der Waals surface area contributed by atoms with E-state index in [1.54, 1.807) is 6.92 Å². The fourth-order valence-corrected chi connectivity index (χ4v) is 1.95. The van der Waals surface area contributed by atoms with Gasteiger partial charge in [0.15, 0.2) is 0 Å². The van der Waals surface area contributed by atoms with Crippen LogP contribution >= 0.6 is 0 Å². The number of carbonyl (C=O) groups excluding carboxylic acids is 2. The minimum Gasteiger partial charge on any atom is -0.387 e. The van der Waals surface area contributed by atoms with Crippen molar-refractivity contribution >= 4 is 11.8 Å². The third kappa shape index (κ3) is 4.70. The number of nitrogens with zero attached hydrogens (tertiary/aromatic N) is 1. The minimum atomic E-state index is -0.963. The predicted molar refractivity (Wildman–Crippen MR) is 63.3 cm³/mol. The average molecular weight is 243 g/mol. The molecule has 0 radical (unpaired) electrons. The highest BCUT2D eigenvalue weighted by molar-refractivity contribution is 5.89. The molecule has 1 heterocycles. The van der Waals surface area contributed by atoms with Gasteiger partial charge in [0, 0.05) is 26.1 Å². The molecule has 1 aliphatic rings. The largest absolute Gasteiger partial charge is 0.387 e. The molecular weight excluding hydrogens is 222 g/mol. The lowest BCUT2D eigenvalue weighted by Crippen LogP contribution is -2.48. The van der Waals surface area contributed by atoms with Crippen molar-refractivity contribution in [2.24, 2.45) is 5.92 Å². The Bertz CT molecular complexity index is 302. The minimum absolute atomic E-state index is 0.0924. The third-order valence-electron chi connectivity index (χ3n) is 2.65. The second kappa shape index (κ2) is 5.46. The fourth-order valence-electron chi connectivity index (χ4n) is 1.95. The van der Waals surface area contributed by atoms with Crippen LogP contribution in [0.5, 0.6) is 0 Å². The summed E-state index contributed by atoms with van der Waals surface area (Å²) in [5.74, 6) is -0.578. The summed E-state index contributed by atoms with van der Waals surface area (Å²) in [6, 6.07) is 0. The van der Waals surface area contributed by atoms with Gasteiger partial charge < -0.3 is 20.6 Å². The second-order valence-corrected chi connectivity index (χ2v) is 5.16. The van der Waals surface area contributed by atoms with E-state index in [2.05, 4.69) is 10.6 Å². The van der Waals surface area contributed by atoms with Crippen molar-refractivity contribution in [2.75, 3.05) is 33.7 Å². The monoisotopic (exact) mass is 243 g/mol. The van der Waals surface area contributed by atoms with E-state index in [9.17, 15) is 14.7 Å². The van der Waals surface area contributed by atoms with Crippen molar-refractivity contribution in [3.05, 3.63) is 0 Å². The number of hydrogen-bond donors (Lipinski definition) is 3. The molecule has 17 heavy (non-hydrogen) atoms. The smallest absolute Gasteiger partial charge is 0.225 e. The number of nitrogens with one attached hydrogen (secondary N) is 2. The lowest BCUT2D eigenvalue weighted by molar-refractivity contribution is -0.127. The summed E-state index contributed by atoms with van der Waals surface area (Å²) in [5.41, 5.74) is -0.963. The van der Waals surface area contributed by atoms with Crippen molar-refractivity contribution in [1.29, 1.82) is 0 Å². The summed E-state index contributed by atoms with van der Waals surface area (Å²) >= 11 is 0. The van der Waals surface area contributed by atoms with Crippen LogP contribution in [-0.4, -0.2) is 61.2 Å². The lowest BCUT2D eigenvalue weighted by atomic mass is 10.0. The normalized spacial score (nSPS) is 23.4. The Kier molecular flexibility index (Phi) is 4.47. The van der Waals surface area contributed by atoms with Gasteiger partial charge in [0.1, 0.15) is 0 Å². The van der Waals surface area contributed by atoms with Gasteiger partial charge in [-0.15, -0.1) is 0 Å². The quantitative estimate of drug-likeness (QED) is 0.552. The van der Waals surface area contributed by atoms with Crippen LogP contribution in [0.1, 0.15) is 13.3 Å². The van der Waals surface area contributed by atoms with Crippen molar-refractivity contribution in [3.8, 4) is 0 Å². The van der Waals surface area contributed by atoms with E-state index in [-0.39, 0.29) is 30.7 Å². The van der Waals surface area contributed by atoms with Gasteiger partial charge in [-0.05, 0) is 21.0 Å². The maximum Gasteiger partial charge on any atom is 0.225 e. The number of rotatable bonds is 5. The fraction of sp³-hybridized carbons (Fsp3) is 0.818. The highest BCUT2D eigenvalue weighted by Crippen LogP contribution is 2.09. The van der Waals surface area contributed by atoms with Gasteiger partial charge in [-0.3, -0.25) is 9.59 Å². The molecule has 0 aliphatic carbocycles. The van der Waals surface area contributed by atoms with Crippen molar-refractivity contribution in [2.45, 2.75) is 18.9 Å². The molecule has 0 aromatic heterocycles. The predicted octanol–water partition coefficient (Wildman–Crippen LogP) is -1.45. The Hall–Kier alpha value is -1.14. The first kappa shape index (κ1) is 13.9. The van der Waals surface area contributed by atoms with Crippen LogP contribution in [0.4, 0.5) is 0 Å². The Balaban J connectivity index is 2.34. The van der Waals surface area contributed by atoms with Crippen LogP contribution in [0.2, 0.25) is 0 Å². The third-order valence-corrected chi connectivity index (χ3v) is 2.65. The Morgan fingerprint density at radius 2 is 2.29 bits per heavy atom. The highest BCUT2D eigenvalue weighted by atomic mass is 16.3. The molecule has 1 rings (SSSR count). The standard InChI is InChI=1S/C11H21N3O3/c1-11(17,7-14(2)3)6-13-10(16)8-4-9(15)12-5-8/h8,17H,4-7H2,1-3H3,(H,12,15)(H,13,16). The molecule has 6 heteroatoms. The molecule has 2 unspecified atom stereocenters. The van der Waals surface area contributed by atoms with Crippen molar-refractivity contribution in [1.82, 2.24) is 15.5 Å². The van der Waals surface area contributed by atoms with E-state index < -0.39 is 5.60 Å². The van der Waals surface area contributed by atoms with E-state index in [1.807, 2.05) is 19.0 Å². The van der Waals surface area contributed by atoms with Crippen LogP contribution in [0.25, 0.3) is 0 Å². The molecule has 0 bridgehead atoms. The molecule has 0 aromatic carbocycles. The van der Waals surface area contributed by atoms with E-state index in [0.29, 0.717) is 13.1 Å². The van der Waals surface area contributed by atoms with Gasteiger partial charge in [-0.1, -0.05) is 0 Å². The first-order chi connectivity index (χ1) is 7.80. The SMILES string of the molecule is CN(C)CC(C)(O)CNC(=O)C1CNC(=O)C1. The van der Waals surface area contributed by atoms with Gasteiger partial charge in [0.05, 0.1) is 11.5 Å². The molecule has 0 aromatic rings. The van der Waals surface area contributed by atoms with Crippen molar-refractivity contribution in [3.63, 3.8) is 0 Å². The van der Waals surface area contributed by atoms with E-state index in [1.165, 1.54) is 0 Å². The number of amides is 2. The maximum atomic E-state index is 11.7. The molecule has 6 nitrogen and oxygen atoms in total. The van der Waals surface area contributed by atoms with Gasteiger partial charge in [0.2, 0.25) is 11.8 Å². The molecule has 0 spiro atoms. The molecule has 2 amide bonds. The summed E-state index contributed by atoms with van der Waals surface area (Å²) in [4.78, 5) is 24.5. The zero-order valence-corrected chi connectivity index (χ0v) is 10.6. The van der Waals surface area contributed by atoms with Gasteiger partial charge in [0.25, 0.3) is 0 Å². The molecule has 2 atom stereocenters. The van der Waals surface area contributed by atoms with Gasteiger partial charge in [-0.2, -0.15) is 0 Å². The zero-order chi connectivity index (χ0) is 13.1. The molecule has 0 saturated carbocycles. The molecule has 1 aliphatic heterocycles. The van der Waals surface area contributed by atoms with Crippen LogP contribution in [0.15, 0.2) is 0 Å². The number of likely N-dealkylation sites (N-methyl/N-ethyl adjacent to an activating group) is 1. The first-order valence-electron chi connectivity index (χ1n) is 5.72. The van der Waals surface area contributed by atoms with Crippen LogP contribution in [-0.2, 0) is 9.59 Å². The number of carbonyl (C=O) groups is 2. The Morgan fingerprint density at radius 1 is 1.65 bits per heavy atom. The van der Waals surface area contributed by atoms with E-state index in [4.69, 9.17) is 0 Å². The summed E-state index contributed by atoms with van der Waals surface area (Å²) in [6.45, 7) is 2.72. The first-order valence-corrected chi connectivity index (χ1v) is 5.72. The maximum absolute atomic E-state index is 11.7. The number of hydrogen-bond acceptors (Lipinski definition) is 4. The average Bonchev–Trinajstić information content (AvgIpc) is 2.59.